The largest absolute Gasteiger partial charge is 0.496 e. The number of nitrogens with two attached hydrogens (primary N) is 1. The summed E-state index contributed by atoms with van der Waals surface area (Å²) in [4.78, 5) is 14.7. The van der Waals surface area contributed by atoms with Crippen molar-refractivity contribution in [2.75, 3.05) is 20.2 Å². The summed E-state index contributed by atoms with van der Waals surface area (Å²) in [5, 5.41) is 0. The highest BCUT2D eigenvalue weighted by Gasteiger charge is 2.29. The summed E-state index contributed by atoms with van der Waals surface area (Å²) in [5.74, 6) is 2.18. The number of hydrogen-bond donors (Lipinski definition) is 1. The van der Waals surface area contributed by atoms with E-state index in [1.54, 1.807) is 7.11 Å². The first kappa shape index (κ1) is 15.3. The molecular weight excluding hydrogens is 276 g/mol. The topological polar surface area (TPSA) is 55.6 Å². The van der Waals surface area contributed by atoms with Crippen molar-refractivity contribution in [2.24, 2.45) is 11.7 Å². The van der Waals surface area contributed by atoms with E-state index >= 15 is 0 Å². The third kappa shape index (κ3) is 3.12. The number of nitrogens with zero attached hydrogens (tertiary/aromatic N) is 1. The van der Waals surface area contributed by atoms with Crippen molar-refractivity contribution >= 4 is 5.91 Å². The van der Waals surface area contributed by atoms with E-state index in [9.17, 15) is 4.79 Å². The standard InChI is InChI=1S/C18H26N2O2/c1-12(19)13-7-9-20(10-8-13)18(21)15-5-6-17(22-2)16(11-15)14-3-4-14/h5-6,11-14H,3-4,7-10,19H2,1-2H3/t12-/m0/s1. The van der Waals surface area contributed by atoms with Crippen LogP contribution in [-0.4, -0.2) is 37.0 Å². The molecule has 1 saturated carbocycles. The Balaban J connectivity index is 1.71. The molecular formula is C18H26N2O2. The average Bonchev–Trinajstić information content (AvgIpc) is 3.38. The van der Waals surface area contributed by atoms with E-state index in [1.165, 1.54) is 18.4 Å². The summed E-state index contributed by atoms with van der Waals surface area (Å²) in [5.41, 5.74) is 7.96. The summed E-state index contributed by atoms with van der Waals surface area (Å²) in [6, 6.07) is 6.09. The maximum Gasteiger partial charge on any atom is 0.253 e. The zero-order valence-corrected chi connectivity index (χ0v) is 13.5. The van der Waals surface area contributed by atoms with Crippen molar-refractivity contribution < 1.29 is 9.53 Å². The van der Waals surface area contributed by atoms with E-state index in [0.29, 0.717) is 11.8 Å². The van der Waals surface area contributed by atoms with E-state index in [4.69, 9.17) is 10.5 Å². The minimum absolute atomic E-state index is 0.146. The van der Waals surface area contributed by atoms with Crippen molar-refractivity contribution in [3.8, 4) is 5.75 Å². The fourth-order valence-electron chi connectivity index (χ4n) is 3.39. The lowest BCUT2D eigenvalue weighted by Crippen LogP contribution is -2.42. The lowest BCUT2D eigenvalue weighted by atomic mass is 9.90. The van der Waals surface area contributed by atoms with E-state index < -0.39 is 0 Å². The first-order valence-corrected chi connectivity index (χ1v) is 8.33. The molecule has 0 bridgehead atoms. The number of rotatable bonds is 4. The Labute approximate surface area is 132 Å². The van der Waals surface area contributed by atoms with Gasteiger partial charge < -0.3 is 15.4 Å². The number of amides is 1. The van der Waals surface area contributed by atoms with Crippen LogP contribution in [0.25, 0.3) is 0 Å². The van der Waals surface area contributed by atoms with Crippen LogP contribution in [-0.2, 0) is 0 Å². The molecule has 1 saturated heterocycles. The number of carbonyl (C=O) groups excluding carboxylic acids is 1. The van der Waals surface area contributed by atoms with Gasteiger partial charge >= 0.3 is 0 Å². The third-order valence-corrected chi connectivity index (χ3v) is 5.06. The van der Waals surface area contributed by atoms with Crippen LogP contribution >= 0.6 is 0 Å². The van der Waals surface area contributed by atoms with Crippen LogP contribution in [0.15, 0.2) is 18.2 Å². The highest BCUT2D eigenvalue weighted by Crippen LogP contribution is 2.44. The number of likely N-dealkylation sites (tertiary alicyclic amines) is 1. The third-order valence-electron chi connectivity index (χ3n) is 5.06. The van der Waals surface area contributed by atoms with Gasteiger partial charge in [0.25, 0.3) is 5.91 Å². The lowest BCUT2D eigenvalue weighted by molar-refractivity contribution is 0.0681. The first-order chi connectivity index (χ1) is 10.6. The van der Waals surface area contributed by atoms with Gasteiger partial charge in [0.1, 0.15) is 5.75 Å². The fourth-order valence-corrected chi connectivity index (χ4v) is 3.39. The van der Waals surface area contributed by atoms with E-state index in [1.807, 2.05) is 23.1 Å². The molecule has 120 valence electrons. The van der Waals surface area contributed by atoms with Crippen molar-refractivity contribution in [1.29, 1.82) is 0 Å². The molecule has 2 N–H and O–H groups in total. The molecule has 1 amide bonds. The van der Waals surface area contributed by atoms with E-state index in [2.05, 4.69) is 6.92 Å². The monoisotopic (exact) mass is 302 g/mol. The van der Waals surface area contributed by atoms with Crippen LogP contribution in [0.3, 0.4) is 0 Å². The van der Waals surface area contributed by atoms with Gasteiger partial charge in [0, 0.05) is 24.7 Å². The van der Waals surface area contributed by atoms with Gasteiger partial charge in [0.15, 0.2) is 0 Å². The van der Waals surface area contributed by atoms with Crippen molar-refractivity contribution in [2.45, 2.75) is 44.6 Å². The Morgan fingerprint density at radius 1 is 1.27 bits per heavy atom. The van der Waals surface area contributed by atoms with Gasteiger partial charge in [0.2, 0.25) is 0 Å². The van der Waals surface area contributed by atoms with Crippen LogP contribution in [0.1, 0.15) is 54.4 Å². The number of piperidine rings is 1. The van der Waals surface area contributed by atoms with E-state index in [-0.39, 0.29) is 11.9 Å². The number of ether oxygens (including phenoxy) is 1. The summed E-state index contributed by atoms with van der Waals surface area (Å²) in [7, 11) is 1.70. The molecule has 0 unspecified atom stereocenters. The normalized spacial score (nSPS) is 20.8. The summed E-state index contributed by atoms with van der Waals surface area (Å²) < 4.78 is 5.43. The molecule has 1 aromatic rings. The van der Waals surface area contributed by atoms with E-state index in [0.717, 1.165) is 37.2 Å². The molecule has 3 rings (SSSR count). The zero-order valence-electron chi connectivity index (χ0n) is 13.5. The Morgan fingerprint density at radius 3 is 2.50 bits per heavy atom. The summed E-state index contributed by atoms with van der Waals surface area (Å²) in [6.07, 6.45) is 4.42. The molecule has 1 aliphatic heterocycles. The second kappa shape index (κ2) is 6.29. The quantitative estimate of drug-likeness (QED) is 0.930. The van der Waals surface area contributed by atoms with Gasteiger partial charge in [-0.05, 0) is 68.2 Å². The van der Waals surface area contributed by atoms with Gasteiger partial charge in [-0.1, -0.05) is 0 Å². The minimum Gasteiger partial charge on any atom is -0.496 e. The van der Waals surface area contributed by atoms with Crippen molar-refractivity contribution in [3.05, 3.63) is 29.3 Å². The Hall–Kier alpha value is -1.55. The molecule has 4 heteroatoms. The molecule has 2 fully saturated rings. The van der Waals surface area contributed by atoms with Crippen LogP contribution in [0.2, 0.25) is 0 Å². The first-order valence-electron chi connectivity index (χ1n) is 8.33. The van der Waals surface area contributed by atoms with Crippen LogP contribution < -0.4 is 10.5 Å². The molecule has 0 spiro atoms. The van der Waals surface area contributed by atoms with Gasteiger partial charge in [-0.15, -0.1) is 0 Å². The second-order valence-corrected chi connectivity index (χ2v) is 6.72. The molecule has 1 aromatic carbocycles. The molecule has 0 aromatic heterocycles. The summed E-state index contributed by atoms with van der Waals surface area (Å²) in [6.45, 7) is 3.69. The van der Waals surface area contributed by atoms with Crippen molar-refractivity contribution in [1.82, 2.24) is 4.90 Å². The van der Waals surface area contributed by atoms with Gasteiger partial charge in [-0.3, -0.25) is 4.79 Å². The molecule has 22 heavy (non-hydrogen) atoms. The molecule has 1 heterocycles. The van der Waals surface area contributed by atoms with Gasteiger partial charge in [0.05, 0.1) is 7.11 Å². The van der Waals surface area contributed by atoms with Crippen LogP contribution in [0, 0.1) is 5.92 Å². The predicted molar refractivity (Wildman–Crippen MR) is 87.2 cm³/mol. The minimum atomic E-state index is 0.146. The number of benzene rings is 1. The maximum absolute atomic E-state index is 12.7. The summed E-state index contributed by atoms with van der Waals surface area (Å²) >= 11 is 0. The highest BCUT2D eigenvalue weighted by atomic mass is 16.5. The Bertz CT molecular complexity index is 544. The number of carbonyl (C=O) groups is 1. The Kier molecular flexibility index (Phi) is 4.39. The molecule has 1 atom stereocenters. The van der Waals surface area contributed by atoms with Gasteiger partial charge in [-0.2, -0.15) is 0 Å². The van der Waals surface area contributed by atoms with Crippen molar-refractivity contribution in [3.63, 3.8) is 0 Å². The fraction of sp³-hybridized carbons (Fsp3) is 0.611. The number of methoxy groups -OCH3 is 1. The second-order valence-electron chi connectivity index (χ2n) is 6.72. The SMILES string of the molecule is COc1ccc(C(=O)N2CCC([C@H](C)N)CC2)cc1C1CC1. The number of hydrogen-bond acceptors (Lipinski definition) is 3. The van der Waals surface area contributed by atoms with Crippen LogP contribution in [0.4, 0.5) is 0 Å². The van der Waals surface area contributed by atoms with Crippen LogP contribution in [0.5, 0.6) is 5.75 Å². The maximum atomic E-state index is 12.7. The lowest BCUT2D eigenvalue weighted by Gasteiger charge is -2.33. The van der Waals surface area contributed by atoms with Gasteiger partial charge in [-0.25, -0.2) is 0 Å². The zero-order chi connectivity index (χ0) is 15.7. The Morgan fingerprint density at radius 2 is 1.95 bits per heavy atom. The highest BCUT2D eigenvalue weighted by molar-refractivity contribution is 5.94. The molecule has 4 nitrogen and oxygen atoms in total. The molecule has 1 aliphatic carbocycles. The molecule has 2 aliphatic rings. The average molecular weight is 302 g/mol. The molecule has 0 radical (unpaired) electrons. The smallest absolute Gasteiger partial charge is 0.253 e. The predicted octanol–water partition coefficient (Wildman–Crippen LogP) is 2.77.